The van der Waals surface area contributed by atoms with Gasteiger partial charge in [0.15, 0.2) is 0 Å². The molecule has 0 bridgehead atoms. The van der Waals surface area contributed by atoms with E-state index in [0.29, 0.717) is 39.9 Å². The van der Waals surface area contributed by atoms with Gasteiger partial charge in [0.2, 0.25) is 0 Å². The Morgan fingerprint density at radius 1 is 0.971 bits per heavy atom. The average Bonchev–Trinajstić information content (AvgIpc) is 2.74. The molecular formula is C32H50O2. The highest BCUT2D eigenvalue weighted by atomic mass is 16.5. The van der Waals surface area contributed by atoms with E-state index in [1.54, 1.807) is 6.92 Å². The Morgan fingerprint density at radius 2 is 1.68 bits per heavy atom. The topological polar surface area (TPSA) is 26.3 Å². The maximum absolute atomic E-state index is 11.9. The number of fused-ring (bicyclic) bond motifs is 7. The zero-order valence-electron chi connectivity index (χ0n) is 23.4. The molecule has 0 aliphatic heterocycles. The summed E-state index contributed by atoms with van der Waals surface area (Å²) in [4.78, 5) is 11.9. The van der Waals surface area contributed by atoms with Crippen LogP contribution in [0.3, 0.4) is 0 Å². The van der Waals surface area contributed by atoms with Crippen molar-refractivity contribution in [2.45, 2.75) is 119 Å². The largest absolute Gasteiger partial charge is 0.462 e. The highest BCUT2D eigenvalue weighted by Crippen LogP contribution is 2.75. The Labute approximate surface area is 209 Å². The van der Waals surface area contributed by atoms with Gasteiger partial charge < -0.3 is 4.74 Å². The maximum Gasteiger partial charge on any atom is 0.302 e. The van der Waals surface area contributed by atoms with Gasteiger partial charge in [-0.1, -0.05) is 72.3 Å². The molecule has 2 nitrogen and oxygen atoms in total. The molecule has 4 saturated carbocycles. The summed E-state index contributed by atoms with van der Waals surface area (Å²) < 4.78 is 5.90. The lowest BCUT2D eigenvalue weighted by Gasteiger charge is -2.71. The van der Waals surface area contributed by atoms with Crippen molar-refractivity contribution in [3.05, 3.63) is 23.8 Å². The number of carbonyl (C=O) groups excluding carboxylic acids is 1. The number of hydrogen-bond acceptors (Lipinski definition) is 2. The molecule has 0 radical (unpaired) electrons. The minimum absolute atomic E-state index is 0.0334. The first-order chi connectivity index (χ1) is 15.7. The lowest BCUT2D eigenvalue weighted by atomic mass is 9.33. The fourth-order valence-corrected chi connectivity index (χ4v) is 11.0. The summed E-state index contributed by atoms with van der Waals surface area (Å²) in [6, 6.07) is 0. The second kappa shape index (κ2) is 7.48. The van der Waals surface area contributed by atoms with Crippen LogP contribution in [0.2, 0.25) is 0 Å². The fourth-order valence-electron chi connectivity index (χ4n) is 11.0. The van der Waals surface area contributed by atoms with E-state index < -0.39 is 0 Å². The molecule has 2 heteroatoms. The highest BCUT2D eigenvalue weighted by molar-refractivity contribution is 5.66. The zero-order chi connectivity index (χ0) is 24.9. The third kappa shape index (κ3) is 3.02. The molecule has 0 saturated heterocycles. The van der Waals surface area contributed by atoms with Crippen molar-refractivity contribution in [1.82, 2.24) is 0 Å². The van der Waals surface area contributed by atoms with Crippen molar-refractivity contribution < 1.29 is 9.53 Å². The summed E-state index contributed by atoms with van der Waals surface area (Å²) in [5.74, 6) is 2.48. The molecule has 0 aromatic carbocycles. The lowest BCUT2D eigenvalue weighted by molar-refractivity contribution is -0.211. The predicted molar refractivity (Wildman–Crippen MR) is 140 cm³/mol. The zero-order valence-corrected chi connectivity index (χ0v) is 23.4. The molecule has 0 N–H and O–H groups in total. The van der Waals surface area contributed by atoms with E-state index >= 15 is 0 Å². The van der Waals surface area contributed by atoms with Gasteiger partial charge in [-0.3, -0.25) is 4.79 Å². The van der Waals surface area contributed by atoms with E-state index in [1.807, 2.05) is 5.57 Å². The molecule has 0 aromatic rings. The Balaban J connectivity index is 1.55. The molecule has 9 atom stereocenters. The number of rotatable bonds is 1. The SMILES string of the molecule is C=C1CC[C@]2(C)CC[C@]3(C)C(=CC[C@@H]4[C@@]5(C)CC[C@@H](OC(C)=O)C(C)(C)[C@@H]5CC[C@]43C)[C@H]2[C@H]1C. The Kier molecular flexibility index (Phi) is 5.42. The van der Waals surface area contributed by atoms with Crippen molar-refractivity contribution in [1.29, 1.82) is 0 Å². The summed E-state index contributed by atoms with van der Waals surface area (Å²) in [7, 11) is 0. The first-order valence-corrected chi connectivity index (χ1v) is 14.3. The molecule has 5 aliphatic rings. The molecule has 5 aliphatic carbocycles. The standard InChI is InChI=1S/C32H50O2/c1-20-12-15-29(6)18-19-31(8)23(27(29)21(20)2)10-11-25-30(7)16-14-26(34-22(3)33)28(4,5)24(30)13-17-32(25,31)9/h10,21,24-27H,1,11-19H2,2-9H3/t21-,24-,25+,26+,27+,29+,30-,31+,32+/m0/s1. The van der Waals surface area contributed by atoms with E-state index in [4.69, 9.17) is 4.74 Å². The van der Waals surface area contributed by atoms with Crippen molar-refractivity contribution in [2.75, 3.05) is 0 Å². The second-order valence-corrected chi connectivity index (χ2v) is 14.8. The van der Waals surface area contributed by atoms with Gasteiger partial charge in [0, 0.05) is 12.3 Å². The first-order valence-electron chi connectivity index (χ1n) is 14.3. The van der Waals surface area contributed by atoms with Crippen LogP contribution >= 0.6 is 0 Å². The molecule has 0 spiro atoms. The summed E-state index contributed by atoms with van der Waals surface area (Å²) in [5.41, 5.74) is 4.71. The molecule has 0 amide bonds. The Bertz CT molecular complexity index is 927. The number of ether oxygens (including phenoxy) is 1. The van der Waals surface area contributed by atoms with E-state index in [-0.39, 0.29) is 22.9 Å². The monoisotopic (exact) mass is 466 g/mol. The third-order valence-electron chi connectivity index (χ3n) is 13.2. The smallest absolute Gasteiger partial charge is 0.302 e. The molecule has 0 unspecified atom stereocenters. The molecule has 4 fully saturated rings. The normalized spacial score (nSPS) is 51.8. The Hall–Kier alpha value is -1.05. The third-order valence-corrected chi connectivity index (χ3v) is 13.2. The number of allylic oxidation sites excluding steroid dienone is 3. The van der Waals surface area contributed by atoms with E-state index in [0.717, 1.165) is 6.42 Å². The second-order valence-electron chi connectivity index (χ2n) is 14.8. The van der Waals surface area contributed by atoms with Crippen molar-refractivity contribution in [2.24, 2.45) is 50.7 Å². The van der Waals surface area contributed by atoms with Crippen molar-refractivity contribution in [3.8, 4) is 0 Å². The molecule has 0 aromatic heterocycles. The van der Waals surface area contributed by atoms with Crippen LogP contribution < -0.4 is 0 Å². The quantitative estimate of drug-likeness (QED) is 0.286. The van der Waals surface area contributed by atoms with Crippen LogP contribution in [0.15, 0.2) is 23.8 Å². The van der Waals surface area contributed by atoms with Crippen LogP contribution in [0, 0.1) is 50.7 Å². The summed E-state index contributed by atoms with van der Waals surface area (Å²) in [6.45, 7) is 23.9. The van der Waals surface area contributed by atoms with Gasteiger partial charge in [0.25, 0.3) is 0 Å². The number of esters is 1. The van der Waals surface area contributed by atoms with Crippen LogP contribution in [0.25, 0.3) is 0 Å². The predicted octanol–water partition coefficient (Wildman–Crippen LogP) is 8.52. The van der Waals surface area contributed by atoms with Gasteiger partial charge in [0.1, 0.15) is 6.10 Å². The first kappa shape index (κ1) is 24.6. The van der Waals surface area contributed by atoms with Gasteiger partial charge in [-0.25, -0.2) is 0 Å². The van der Waals surface area contributed by atoms with E-state index in [1.165, 1.54) is 56.9 Å². The fraction of sp³-hybridized carbons (Fsp3) is 0.844. The molecule has 190 valence electrons. The van der Waals surface area contributed by atoms with Gasteiger partial charge in [-0.05, 0) is 103 Å². The maximum atomic E-state index is 11.9. The van der Waals surface area contributed by atoms with Gasteiger partial charge in [-0.15, -0.1) is 0 Å². The van der Waals surface area contributed by atoms with Crippen LogP contribution in [0.4, 0.5) is 0 Å². The van der Waals surface area contributed by atoms with Crippen LogP contribution in [-0.4, -0.2) is 12.1 Å². The van der Waals surface area contributed by atoms with Crippen LogP contribution in [0.1, 0.15) is 113 Å². The molecular weight excluding hydrogens is 416 g/mol. The molecule has 0 heterocycles. The Morgan fingerprint density at radius 3 is 2.35 bits per heavy atom. The number of hydrogen-bond donors (Lipinski definition) is 0. The van der Waals surface area contributed by atoms with Crippen LogP contribution in [0.5, 0.6) is 0 Å². The van der Waals surface area contributed by atoms with E-state index in [9.17, 15) is 4.79 Å². The summed E-state index contributed by atoms with van der Waals surface area (Å²) in [5, 5.41) is 0. The van der Waals surface area contributed by atoms with E-state index in [2.05, 4.69) is 61.1 Å². The lowest BCUT2D eigenvalue weighted by Crippen LogP contribution is -2.64. The average molecular weight is 467 g/mol. The van der Waals surface area contributed by atoms with Crippen molar-refractivity contribution in [3.63, 3.8) is 0 Å². The van der Waals surface area contributed by atoms with Crippen molar-refractivity contribution >= 4 is 5.97 Å². The van der Waals surface area contributed by atoms with Gasteiger partial charge in [-0.2, -0.15) is 0 Å². The molecule has 5 rings (SSSR count). The van der Waals surface area contributed by atoms with Crippen LogP contribution in [-0.2, 0) is 9.53 Å². The van der Waals surface area contributed by atoms with Gasteiger partial charge in [0.05, 0.1) is 0 Å². The minimum atomic E-state index is -0.117. The minimum Gasteiger partial charge on any atom is -0.462 e. The highest BCUT2D eigenvalue weighted by Gasteiger charge is 2.68. The molecule has 34 heavy (non-hydrogen) atoms. The summed E-state index contributed by atoms with van der Waals surface area (Å²) in [6.07, 6.45) is 14.1. The van der Waals surface area contributed by atoms with Gasteiger partial charge >= 0.3 is 5.97 Å². The number of carbonyl (C=O) groups is 1. The summed E-state index contributed by atoms with van der Waals surface area (Å²) >= 11 is 0.